The molecule has 0 amide bonds. The summed E-state index contributed by atoms with van der Waals surface area (Å²) in [7, 11) is 0. The van der Waals surface area contributed by atoms with E-state index >= 15 is 0 Å². The fraction of sp³-hybridized carbons (Fsp3) is 0.308. The van der Waals surface area contributed by atoms with Gasteiger partial charge in [-0.05, 0) is 39.8 Å². The van der Waals surface area contributed by atoms with Crippen LogP contribution in [-0.2, 0) is 6.54 Å². The van der Waals surface area contributed by atoms with E-state index in [2.05, 4.69) is 50.0 Å². The molecule has 0 saturated carbocycles. The second-order valence-corrected chi connectivity index (χ2v) is 6.23. The molecule has 19 heavy (non-hydrogen) atoms. The van der Waals surface area contributed by atoms with Crippen molar-refractivity contribution in [2.24, 2.45) is 0 Å². The van der Waals surface area contributed by atoms with Gasteiger partial charge in [0.1, 0.15) is 5.03 Å². The minimum atomic E-state index is 0.459. The van der Waals surface area contributed by atoms with Crippen LogP contribution in [0.25, 0.3) is 0 Å². The van der Waals surface area contributed by atoms with E-state index in [4.69, 9.17) is 0 Å². The van der Waals surface area contributed by atoms with Crippen LogP contribution < -0.4 is 5.32 Å². The molecule has 4 nitrogen and oxygen atoms in total. The highest BCUT2D eigenvalue weighted by atomic mass is 79.9. The highest BCUT2D eigenvalue weighted by Gasteiger charge is 2.02. The summed E-state index contributed by atoms with van der Waals surface area (Å²) in [6, 6.07) is 4.35. The molecule has 0 atom stereocenters. The van der Waals surface area contributed by atoms with Crippen molar-refractivity contribution in [3.8, 4) is 0 Å². The number of halogens is 1. The molecule has 0 aliphatic rings. The number of rotatable bonds is 5. The van der Waals surface area contributed by atoms with Crippen LogP contribution in [0.4, 0.5) is 0 Å². The van der Waals surface area contributed by atoms with Crippen LogP contribution in [0.2, 0.25) is 0 Å². The Morgan fingerprint density at radius 2 is 1.89 bits per heavy atom. The Morgan fingerprint density at radius 3 is 2.47 bits per heavy atom. The van der Waals surface area contributed by atoms with E-state index in [1.54, 1.807) is 6.20 Å². The average molecular weight is 339 g/mol. The normalized spacial score (nSPS) is 10.9. The van der Waals surface area contributed by atoms with E-state index in [-0.39, 0.29) is 0 Å². The Morgan fingerprint density at radius 1 is 1.16 bits per heavy atom. The smallest absolute Gasteiger partial charge is 0.193 e. The van der Waals surface area contributed by atoms with Crippen LogP contribution in [0.15, 0.2) is 45.4 Å². The molecule has 0 fully saturated rings. The van der Waals surface area contributed by atoms with E-state index in [1.165, 1.54) is 11.8 Å². The van der Waals surface area contributed by atoms with Gasteiger partial charge in [0, 0.05) is 41.2 Å². The third-order valence-electron chi connectivity index (χ3n) is 2.29. The molecule has 100 valence electrons. The standard InChI is InChI=1S/C13H15BrN4S/c1-9(2)15-5-10-6-17-13(18-7-10)19-12-4-3-11(14)8-16-12/h3-4,6-9,15H,5H2,1-2H3. The zero-order valence-electron chi connectivity index (χ0n) is 10.8. The number of pyridine rings is 1. The molecular formula is C13H15BrN4S. The maximum absolute atomic E-state index is 4.33. The Balaban J connectivity index is 1.96. The largest absolute Gasteiger partial charge is 0.310 e. The van der Waals surface area contributed by atoms with Gasteiger partial charge in [-0.25, -0.2) is 15.0 Å². The summed E-state index contributed by atoms with van der Waals surface area (Å²) in [5.41, 5.74) is 1.09. The molecule has 6 heteroatoms. The topological polar surface area (TPSA) is 50.7 Å². The molecule has 2 heterocycles. The monoisotopic (exact) mass is 338 g/mol. The Labute approximate surface area is 125 Å². The number of nitrogens with zero attached hydrogens (tertiary/aromatic N) is 3. The summed E-state index contributed by atoms with van der Waals surface area (Å²) in [6.45, 7) is 5.02. The first kappa shape index (κ1) is 14.4. The van der Waals surface area contributed by atoms with Crippen molar-refractivity contribution in [1.82, 2.24) is 20.3 Å². The van der Waals surface area contributed by atoms with Gasteiger partial charge < -0.3 is 5.32 Å². The van der Waals surface area contributed by atoms with Crippen molar-refractivity contribution in [2.45, 2.75) is 36.6 Å². The minimum absolute atomic E-state index is 0.459. The maximum Gasteiger partial charge on any atom is 0.193 e. The molecule has 2 rings (SSSR count). The third-order valence-corrected chi connectivity index (χ3v) is 3.61. The summed E-state index contributed by atoms with van der Waals surface area (Å²) in [5, 5.41) is 4.93. The molecule has 1 N–H and O–H groups in total. The predicted octanol–water partition coefficient (Wildman–Crippen LogP) is 3.28. The lowest BCUT2D eigenvalue weighted by molar-refractivity contribution is 0.585. The number of nitrogens with one attached hydrogen (secondary N) is 1. The first-order chi connectivity index (χ1) is 9.13. The average Bonchev–Trinajstić information content (AvgIpc) is 2.40. The molecule has 0 aliphatic heterocycles. The zero-order valence-corrected chi connectivity index (χ0v) is 13.2. The van der Waals surface area contributed by atoms with Gasteiger partial charge in [0.2, 0.25) is 0 Å². The number of hydrogen-bond acceptors (Lipinski definition) is 5. The lowest BCUT2D eigenvalue weighted by Crippen LogP contribution is -2.21. The summed E-state index contributed by atoms with van der Waals surface area (Å²) < 4.78 is 0.966. The Hall–Kier alpha value is -0.980. The molecule has 0 bridgehead atoms. The van der Waals surface area contributed by atoms with E-state index in [1.807, 2.05) is 24.5 Å². The fourth-order valence-corrected chi connectivity index (χ4v) is 2.20. The second-order valence-electron chi connectivity index (χ2n) is 4.33. The van der Waals surface area contributed by atoms with Crippen molar-refractivity contribution in [1.29, 1.82) is 0 Å². The van der Waals surface area contributed by atoms with Gasteiger partial charge in [0.15, 0.2) is 5.16 Å². The van der Waals surface area contributed by atoms with E-state index in [0.717, 1.165) is 21.6 Å². The van der Waals surface area contributed by atoms with Gasteiger partial charge in [-0.2, -0.15) is 0 Å². The third kappa shape index (κ3) is 4.89. The number of hydrogen-bond donors (Lipinski definition) is 1. The summed E-state index contributed by atoms with van der Waals surface area (Å²) >= 11 is 4.81. The SMILES string of the molecule is CC(C)NCc1cnc(Sc2ccc(Br)cn2)nc1. The van der Waals surface area contributed by atoms with Gasteiger partial charge in [0.05, 0.1) is 0 Å². The first-order valence-electron chi connectivity index (χ1n) is 5.97. The van der Waals surface area contributed by atoms with E-state index in [0.29, 0.717) is 11.2 Å². The highest BCUT2D eigenvalue weighted by molar-refractivity contribution is 9.10. The van der Waals surface area contributed by atoms with Crippen LogP contribution >= 0.6 is 27.7 Å². The van der Waals surface area contributed by atoms with Gasteiger partial charge >= 0.3 is 0 Å². The minimum Gasteiger partial charge on any atom is -0.310 e. The van der Waals surface area contributed by atoms with Crippen LogP contribution in [0.5, 0.6) is 0 Å². The van der Waals surface area contributed by atoms with Crippen molar-refractivity contribution in [3.05, 3.63) is 40.8 Å². The van der Waals surface area contributed by atoms with Crippen LogP contribution in [-0.4, -0.2) is 21.0 Å². The predicted molar refractivity (Wildman–Crippen MR) is 80.1 cm³/mol. The van der Waals surface area contributed by atoms with Gasteiger partial charge in [0.25, 0.3) is 0 Å². The van der Waals surface area contributed by atoms with Crippen LogP contribution in [0.1, 0.15) is 19.4 Å². The van der Waals surface area contributed by atoms with E-state index < -0.39 is 0 Å². The van der Waals surface area contributed by atoms with E-state index in [9.17, 15) is 0 Å². The highest BCUT2D eigenvalue weighted by Crippen LogP contribution is 2.23. The Kier molecular flexibility index (Phi) is 5.30. The molecule has 2 aromatic rings. The molecule has 0 aromatic carbocycles. The zero-order chi connectivity index (χ0) is 13.7. The fourth-order valence-electron chi connectivity index (χ4n) is 1.33. The molecule has 2 aromatic heterocycles. The lowest BCUT2D eigenvalue weighted by atomic mass is 10.3. The molecule has 0 aliphatic carbocycles. The van der Waals surface area contributed by atoms with Crippen molar-refractivity contribution in [3.63, 3.8) is 0 Å². The number of aromatic nitrogens is 3. The van der Waals surface area contributed by atoms with Gasteiger partial charge in [-0.1, -0.05) is 13.8 Å². The molecule has 0 spiro atoms. The molecule has 0 radical (unpaired) electrons. The van der Waals surface area contributed by atoms with Crippen molar-refractivity contribution < 1.29 is 0 Å². The summed E-state index contributed by atoms with van der Waals surface area (Å²) in [6.07, 6.45) is 5.47. The van der Waals surface area contributed by atoms with Crippen molar-refractivity contribution >= 4 is 27.7 Å². The van der Waals surface area contributed by atoms with Crippen molar-refractivity contribution in [2.75, 3.05) is 0 Å². The quantitative estimate of drug-likeness (QED) is 0.847. The lowest BCUT2D eigenvalue weighted by Gasteiger charge is -2.07. The van der Waals surface area contributed by atoms with Crippen LogP contribution in [0, 0.1) is 0 Å². The van der Waals surface area contributed by atoms with Crippen LogP contribution in [0.3, 0.4) is 0 Å². The Bertz CT molecular complexity index is 513. The van der Waals surface area contributed by atoms with Gasteiger partial charge in [-0.15, -0.1) is 0 Å². The second kappa shape index (κ2) is 6.98. The molecular weight excluding hydrogens is 324 g/mol. The first-order valence-corrected chi connectivity index (χ1v) is 7.58. The molecule has 0 unspecified atom stereocenters. The molecule has 0 saturated heterocycles. The maximum atomic E-state index is 4.33. The van der Waals surface area contributed by atoms with Gasteiger partial charge in [-0.3, -0.25) is 0 Å². The summed E-state index contributed by atoms with van der Waals surface area (Å²) in [5.74, 6) is 0. The summed E-state index contributed by atoms with van der Waals surface area (Å²) in [4.78, 5) is 12.9.